The van der Waals surface area contributed by atoms with Crippen molar-refractivity contribution in [2.45, 2.75) is 77.7 Å². The molecular weight excluding hydrogens is 220 g/mol. The normalized spacial score (nSPS) is 19.0. The first-order valence-electron chi connectivity index (χ1n) is 8.30. The molecule has 0 bridgehead atoms. The van der Waals surface area contributed by atoms with Crippen molar-refractivity contribution in [1.82, 2.24) is 10.6 Å². The third kappa shape index (κ3) is 7.38. The molecular formula is C16H34N2. The molecule has 0 amide bonds. The summed E-state index contributed by atoms with van der Waals surface area (Å²) in [7, 11) is 0. The first kappa shape index (κ1) is 16.0. The minimum absolute atomic E-state index is 0.744. The first-order chi connectivity index (χ1) is 8.86. The quantitative estimate of drug-likeness (QED) is 0.581. The lowest BCUT2D eigenvalue weighted by molar-refractivity contribution is 0.341. The van der Waals surface area contributed by atoms with Crippen LogP contribution in [-0.4, -0.2) is 25.7 Å². The van der Waals surface area contributed by atoms with E-state index in [2.05, 4.69) is 24.5 Å². The van der Waals surface area contributed by atoms with Gasteiger partial charge in [0.15, 0.2) is 0 Å². The van der Waals surface area contributed by atoms with E-state index in [0.29, 0.717) is 0 Å². The molecule has 0 aromatic rings. The molecule has 1 fully saturated rings. The highest BCUT2D eigenvalue weighted by Gasteiger charge is 2.12. The Hall–Kier alpha value is -0.0800. The van der Waals surface area contributed by atoms with Crippen LogP contribution < -0.4 is 10.6 Å². The van der Waals surface area contributed by atoms with Crippen molar-refractivity contribution < 1.29 is 0 Å². The van der Waals surface area contributed by atoms with E-state index in [0.717, 1.165) is 12.0 Å². The van der Waals surface area contributed by atoms with Gasteiger partial charge < -0.3 is 10.6 Å². The van der Waals surface area contributed by atoms with Crippen molar-refractivity contribution in [3.63, 3.8) is 0 Å². The summed E-state index contributed by atoms with van der Waals surface area (Å²) in [5.41, 5.74) is 0. The van der Waals surface area contributed by atoms with Crippen molar-refractivity contribution in [3.05, 3.63) is 0 Å². The maximum absolute atomic E-state index is 3.67. The van der Waals surface area contributed by atoms with Crippen LogP contribution in [0.2, 0.25) is 0 Å². The van der Waals surface area contributed by atoms with Crippen molar-refractivity contribution in [3.8, 4) is 0 Å². The maximum Gasteiger partial charge on any atom is 0.00643 e. The van der Waals surface area contributed by atoms with Gasteiger partial charge in [0.05, 0.1) is 0 Å². The molecule has 0 radical (unpaired) electrons. The molecule has 2 heteroatoms. The summed E-state index contributed by atoms with van der Waals surface area (Å²) in [6, 6.07) is 0.744. The van der Waals surface area contributed by atoms with E-state index in [-0.39, 0.29) is 0 Å². The topological polar surface area (TPSA) is 24.1 Å². The average molecular weight is 254 g/mol. The number of rotatable bonds is 10. The highest BCUT2D eigenvalue weighted by Crippen LogP contribution is 2.22. The van der Waals surface area contributed by atoms with Crippen LogP contribution in [-0.2, 0) is 0 Å². The average Bonchev–Trinajstić information content (AvgIpc) is 2.42. The Kier molecular flexibility index (Phi) is 9.59. The second kappa shape index (κ2) is 10.8. The standard InChI is InChI=1S/C16H34N2/c1-3-9-16(4-2)18-13-8-12-17-14-15-10-6-5-7-11-15/h15-18H,3-14H2,1-2H3. The van der Waals surface area contributed by atoms with E-state index < -0.39 is 0 Å². The molecule has 1 rings (SSSR count). The Labute approximate surface area is 114 Å². The Morgan fingerprint density at radius 3 is 2.50 bits per heavy atom. The Morgan fingerprint density at radius 2 is 1.83 bits per heavy atom. The Bertz CT molecular complexity index is 167. The minimum atomic E-state index is 0.744. The highest BCUT2D eigenvalue weighted by molar-refractivity contribution is 4.68. The van der Waals surface area contributed by atoms with Crippen LogP contribution in [0.25, 0.3) is 0 Å². The molecule has 18 heavy (non-hydrogen) atoms. The molecule has 2 nitrogen and oxygen atoms in total. The second-order valence-electron chi connectivity index (χ2n) is 5.91. The summed E-state index contributed by atoms with van der Waals surface area (Å²) in [4.78, 5) is 0. The van der Waals surface area contributed by atoms with Gasteiger partial charge in [-0.3, -0.25) is 0 Å². The number of hydrogen-bond donors (Lipinski definition) is 2. The first-order valence-corrected chi connectivity index (χ1v) is 8.30. The van der Waals surface area contributed by atoms with Crippen LogP contribution in [0.4, 0.5) is 0 Å². The van der Waals surface area contributed by atoms with Crippen LogP contribution in [0.15, 0.2) is 0 Å². The third-order valence-electron chi connectivity index (χ3n) is 4.25. The van der Waals surface area contributed by atoms with Gasteiger partial charge in [0.25, 0.3) is 0 Å². The molecule has 0 saturated heterocycles. The van der Waals surface area contributed by atoms with Gasteiger partial charge in [-0.05, 0) is 57.7 Å². The molecule has 0 aliphatic heterocycles. The van der Waals surface area contributed by atoms with Gasteiger partial charge in [-0.1, -0.05) is 39.5 Å². The van der Waals surface area contributed by atoms with Gasteiger partial charge in [0.1, 0.15) is 0 Å². The predicted octanol–water partition coefficient (Wildman–Crippen LogP) is 3.71. The van der Waals surface area contributed by atoms with E-state index in [1.54, 1.807) is 0 Å². The van der Waals surface area contributed by atoms with Crippen LogP contribution in [0.3, 0.4) is 0 Å². The summed E-state index contributed by atoms with van der Waals surface area (Å²) in [5.74, 6) is 0.968. The molecule has 1 atom stereocenters. The van der Waals surface area contributed by atoms with Crippen LogP contribution >= 0.6 is 0 Å². The summed E-state index contributed by atoms with van der Waals surface area (Å²) < 4.78 is 0. The molecule has 0 aromatic heterocycles. The van der Waals surface area contributed by atoms with Gasteiger partial charge in [-0.25, -0.2) is 0 Å². The Balaban J connectivity index is 1.88. The van der Waals surface area contributed by atoms with Gasteiger partial charge >= 0.3 is 0 Å². The van der Waals surface area contributed by atoms with E-state index in [4.69, 9.17) is 0 Å². The van der Waals surface area contributed by atoms with Gasteiger partial charge in [0.2, 0.25) is 0 Å². The van der Waals surface area contributed by atoms with E-state index >= 15 is 0 Å². The molecule has 1 aliphatic rings. The van der Waals surface area contributed by atoms with Crippen molar-refractivity contribution in [2.75, 3.05) is 19.6 Å². The molecule has 0 aromatic carbocycles. The minimum Gasteiger partial charge on any atom is -0.316 e. The lowest BCUT2D eigenvalue weighted by atomic mass is 9.89. The smallest absolute Gasteiger partial charge is 0.00643 e. The fourth-order valence-corrected chi connectivity index (χ4v) is 3.02. The SMILES string of the molecule is CCCC(CC)NCCCNCC1CCCCC1. The lowest BCUT2D eigenvalue weighted by Gasteiger charge is -2.22. The fraction of sp³-hybridized carbons (Fsp3) is 1.00. The molecule has 0 heterocycles. The number of nitrogens with one attached hydrogen (secondary N) is 2. The van der Waals surface area contributed by atoms with Gasteiger partial charge in [-0.2, -0.15) is 0 Å². The van der Waals surface area contributed by atoms with Crippen LogP contribution in [0.1, 0.15) is 71.6 Å². The van der Waals surface area contributed by atoms with Crippen molar-refractivity contribution in [2.24, 2.45) is 5.92 Å². The largest absolute Gasteiger partial charge is 0.316 e. The van der Waals surface area contributed by atoms with Crippen molar-refractivity contribution >= 4 is 0 Å². The third-order valence-corrected chi connectivity index (χ3v) is 4.25. The van der Waals surface area contributed by atoms with E-state index in [1.165, 1.54) is 77.4 Å². The lowest BCUT2D eigenvalue weighted by Crippen LogP contribution is -2.32. The molecule has 0 spiro atoms. The van der Waals surface area contributed by atoms with E-state index in [9.17, 15) is 0 Å². The highest BCUT2D eigenvalue weighted by atomic mass is 14.9. The van der Waals surface area contributed by atoms with Crippen LogP contribution in [0, 0.1) is 5.92 Å². The maximum atomic E-state index is 3.67. The molecule has 1 unspecified atom stereocenters. The zero-order valence-electron chi connectivity index (χ0n) is 12.6. The van der Waals surface area contributed by atoms with Gasteiger partial charge in [0, 0.05) is 6.04 Å². The zero-order valence-corrected chi connectivity index (χ0v) is 12.6. The fourth-order valence-electron chi connectivity index (χ4n) is 3.02. The molecule has 1 aliphatic carbocycles. The van der Waals surface area contributed by atoms with Crippen molar-refractivity contribution in [1.29, 1.82) is 0 Å². The summed E-state index contributed by atoms with van der Waals surface area (Å²) in [6.45, 7) is 8.18. The molecule has 2 N–H and O–H groups in total. The Morgan fingerprint density at radius 1 is 1.06 bits per heavy atom. The molecule has 1 saturated carbocycles. The summed E-state index contributed by atoms with van der Waals surface area (Å²) in [5, 5.41) is 7.31. The molecule has 108 valence electrons. The van der Waals surface area contributed by atoms with Crippen LogP contribution in [0.5, 0.6) is 0 Å². The number of hydrogen-bond acceptors (Lipinski definition) is 2. The van der Waals surface area contributed by atoms with E-state index in [1.807, 2.05) is 0 Å². The predicted molar refractivity (Wildman–Crippen MR) is 81.1 cm³/mol. The summed E-state index contributed by atoms with van der Waals surface area (Å²) >= 11 is 0. The zero-order chi connectivity index (χ0) is 13.1. The second-order valence-corrected chi connectivity index (χ2v) is 5.91. The monoisotopic (exact) mass is 254 g/mol. The van der Waals surface area contributed by atoms with Gasteiger partial charge in [-0.15, -0.1) is 0 Å². The summed E-state index contributed by atoms with van der Waals surface area (Å²) in [6.07, 6.45) is 12.5.